The second-order valence-corrected chi connectivity index (χ2v) is 5.80. The lowest BCUT2D eigenvalue weighted by molar-refractivity contribution is 0.102. The molecule has 0 heterocycles. The van der Waals surface area contributed by atoms with E-state index in [1.54, 1.807) is 7.11 Å². The van der Waals surface area contributed by atoms with E-state index in [1.807, 2.05) is 55.6 Å². The second kappa shape index (κ2) is 7.79. The Labute approximate surface area is 138 Å². The van der Waals surface area contributed by atoms with Crippen LogP contribution in [0.25, 0.3) is 0 Å². The van der Waals surface area contributed by atoms with Crippen LogP contribution in [0.2, 0.25) is 0 Å². The SMILES string of the molecule is COCc1ccccc1C(=O)Nc1cccc(N(C)C(C)C)c1. The van der Waals surface area contributed by atoms with Crippen molar-refractivity contribution in [2.45, 2.75) is 26.5 Å². The van der Waals surface area contributed by atoms with Gasteiger partial charge >= 0.3 is 0 Å². The van der Waals surface area contributed by atoms with Gasteiger partial charge in [-0.3, -0.25) is 4.79 Å². The number of ether oxygens (including phenoxy) is 1. The van der Waals surface area contributed by atoms with E-state index in [1.165, 1.54) is 0 Å². The fraction of sp³-hybridized carbons (Fsp3) is 0.316. The molecule has 1 amide bonds. The predicted octanol–water partition coefficient (Wildman–Crippen LogP) is 3.93. The zero-order valence-electron chi connectivity index (χ0n) is 14.2. The molecule has 0 atom stereocenters. The lowest BCUT2D eigenvalue weighted by Crippen LogP contribution is -2.25. The summed E-state index contributed by atoms with van der Waals surface area (Å²) >= 11 is 0. The normalized spacial score (nSPS) is 10.7. The average molecular weight is 312 g/mol. The maximum atomic E-state index is 12.5. The molecule has 4 heteroatoms. The van der Waals surface area contributed by atoms with Gasteiger partial charge in [0.05, 0.1) is 6.61 Å². The molecule has 0 unspecified atom stereocenters. The summed E-state index contributed by atoms with van der Waals surface area (Å²) in [5.41, 5.74) is 3.37. The highest BCUT2D eigenvalue weighted by atomic mass is 16.5. The number of nitrogens with zero attached hydrogens (tertiary/aromatic N) is 1. The van der Waals surface area contributed by atoms with Crippen LogP contribution in [0.1, 0.15) is 29.8 Å². The summed E-state index contributed by atoms with van der Waals surface area (Å²) < 4.78 is 5.16. The van der Waals surface area contributed by atoms with E-state index in [0.29, 0.717) is 18.2 Å². The van der Waals surface area contributed by atoms with Crippen molar-refractivity contribution in [2.24, 2.45) is 0 Å². The number of rotatable bonds is 6. The first kappa shape index (κ1) is 17.0. The summed E-state index contributed by atoms with van der Waals surface area (Å²) in [6, 6.07) is 15.7. The largest absolute Gasteiger partial charge is 0.380 e. The number of anilines is 2. The van der Waals surface area contributed by atoms with E-state index in [2.05, 4.69) is 24.1 Å². The molecule has 2 aromatic rings. The molecular weight excluding hydrogens is 288 g/mol. The first-order valence-electron chi connectivity index (χ1n) is 7.74. The van der Waals surface area contributed by atoms with Crippen molar-refractivity contribution >= 4 is 17.3 Å². The number of hydrogen-bond donors (Lipinski definition) is 1. The predicted molar refractivity (Wildman–Crippen MR) is 95.1 cm³/mol. The van der Waals surface area contributed by atoms with E-state index in [4.69, 9.17) is 4.74 Å². The molecule has 0 aromatic heterocycles. The molecule has 0 aliphatic rings. The minimum atomic E-state index is -0.123. The van der Waals surface area contributed by atoms with Gasteiger partial charge in [0.25, 0.3) is 5.91 Å². The molecule has 122 valence electrons. The Hall–Kier alpha value is -2.33. The lowest BCUT2D eigenvalue weighted by atomic mass is 10.1. The van der Waals surface area contributed by atoms with Gasteiger partial charge in [0.1, 0.15) is 0 Å². The van der Waals surface area contributed by atoms with Crippen molar-refractivity contribution < 1.29 is 9.53 Å². The molecule has 0 fully saturated rings. The Morgan fingerprint density at radius 3 is 2.61 bits per heavy atom. The molecule has 0 spiro atoms. The highest BCUT2D eigenvalue weighted by Gasteiger charge is 2.12. The minimum Gasteiger partial charge on any atom is -0.380 e. The monoisotopic (exact) mass is 312 g/mol. The maximum Gasteiger partial charge on any atom is 0.256 e. The molecule has 0 bridgehead atoms. The second-order valence-electron chi connectivity index (χ2n) is 5.80. The van der Waals surface area contributed by atoms with Crippen LogP contribution in [-0.4, -0.2) is 26.1 Å². The Morgan fingerprint density at radius 2 is 1.91 bits per heavy atom. The number of benzene rings is 2. The van der Waals surface area contributed by atoms with Crippen LogP contribution in [0.5, 0.6) is 0 Å². The molecule has 0 aliphatic carbocycles. The molecule has 0 saturated carbocycles. The summed E-state index contributed by atoms with van der Waals surface area (Å²) in [5, 5.41) is 2.97. The summed E-state index contributed by atoms with van der Waals surface area (Å²) in [4.78, 5) is 14.7. The van der Waals surface area contributed by atoms with Crippen molar-refractivity contribution in [1.29, 1.82) is 0 Å². The van der Waals surface area contributed by atoms with E-state index in [-0.39, 0.29) is 5.91 Å². The lowest BCUT2D eigenvalue weighted by Gasteiger charge is -2.24. The average Bonchev–Trinajstić information content (AvgIpc) is 2.55. The van der Waals surface area contributed by atoms with Gasteiger partial charge in [0.2, 0.25) is 0 Å². The van der Waals surface area contributed by atoms with Crippen molar-refractivity contribution in [3.63, 3.8) is 0 Å². The van der Waals surface area contributed by atoms with Crippen molar-refractivity contribution in [1.82, 2.24) is 0 Å². The Morgan fingerprint density at radius 1 is 1.17 bits per heavy atom. The van der Waals surface area contributed by atoms with E-state index >= 15 is 0 Å². The van der Waals surface area contributed by atoms with Gasteiger partial charge in [-0.2, -0.15) is 0 Å². The van der Waals surface area contributed by atoms with Gasteiger partial charge < -0.3 is 15.0 Å². The van der Waals surface area contributed by atoms with Crippen LogP contribution in [0, 0.1) is 0 Å². The van der Waals surface area contributed by atoms with Crippen LogP contribution >= 0.6 is 0 Å². The highest BCUT2D eigenvalue weighted by Crippen LogP contribution is 2.21. The smallest absolute Gasteiger partial charge is 0.256 e. The number of carbonyl (C=O) groups excluding carboxylic acids is 1. The van der Waals surface area contributed by atoms with Gasteiger partial charge in [0, 0.05) is 37.1 Å². The third-order valence-electron chi connectivity index (χ3n) is 3.85. The molecule has 2 aromatic carbocycles. The molecule has 0 aliphatic heterocycles. The van der Waals surface area contributed by atoms with Gasteiger partial charge in [0.15, 0.2) is 0 Å². The van der Waals surface area contributed by atoms with Crippen LogP contribution in [0.3, 0.4) is 0 Å². The maximum absolute atomic E-state index is 12.5. The standard InChI is InChI=1S/C19H24N2O2/c1-14(2)21(3)17-10-7-9-16(12-17)20-19(22)18-11-6-5-8-15(18)13-23-4/h5-12,14H,13H2,1-4H3,(H,20,22). The summed E-state index contributed by atoms with van der Waals surface area (Å²) in [6.07, 6.45) is 0. The third-order valence-corrected chi connectivity index (χ3v) is 3.85. The molecule has 23 heavy (non-hydrogen) atoms. The first-order valence-corrected chi connectivity index (χ1v) is 7.74. The van der Waals surface area contributed by atoms with Gasteiger partial charge in [-0.15, -0.1) is 0 Å². The zero-order chi connectivity index (χ0) is 16.8. The first-order chi connectivity index (χ1) is 11.0. The molecule has 0 radical (unpaired) electrons. The Balaban J connectivity index is 2.19. The van der Waals surface area contributed by atoms with E-state index in [0.717, 1.165) is 16.9 Å². The van der Waals surface area contributed by atoms with Crippen LogP contribution < -0.4 is 10.2 Å². The molecule has 1 N–H and O–H groups in total. The minimum absolute atomic E-state index is 0.123. The van der Waals surface area contributed by atoms with Crippen molar-refractivity contribution in [3.8, 4) is 0 Å². The van der Waals surface area contributed by atoms with Gasteiger partial charge in [-0.1, -0.05) is 24.3 Å². The zero-order valence-corrected chi connectivity index (χ0v) is 14.2. The third kappa shape index (κ3) is 4.33. The van der Waals surface area contributed by atoms with Crippen LogP contribution in [0.4, 0.5) is 11.4 Å². The quantitative estimate of drug-likeness (QED) is 0.878. The topological polar surface area (TPSA) is 41.6 Å². The fourth-order valence-corrected chi connectivity index (χ4v) is 2.32. The number of carbonyl (C=O) groups is 1. The number of nitrogens with one attached hydrogen (secondary N) is 1. The van der Waals surface area contributed by atoms with Gasteiger partial charge in [-0.05, 0) is 43.7 Å². The number of methoxy groups -OCH3 is 1. The number of hydrogen-bond acceptors (Lipinski definition) is 3. The number of amides is 1. The van der Waals surface area contributed by atoms with Crippen molar-refractivity contribution in [3.05, 3.63) is 59.7 Å². The molecule has 2 rings (SSSR count). The Kier molecular flexibility index (Phi) is 5.77. The van der Waals surface area contributed by atoms with E-state index in [9.17, 15) is 4.79 Å². The fourth-order valence-electron chi connectivity index (χ4n) is 2.32. The Bertz CT molecular complexity index is 668. The summed E-state index contributed by atoms with van der Waals surface area (Å²) in [6.45, 7) is 4.68. The molecule has 4 nitrogen and oxygen atoms in total. The summed E-state index contributed by atoms with van der Waals surface area (Å²) in [5.74, 6) is -0.123. The van der Waals surface area contributed by atoms with Gasteiger partial charge in [-0.25, -0.2) is 0 Å². The van der Waals surface area contributed by atoms with Crippen LogP contribution in [0.15, 0.2) is 48.5 Å². The summed E-state index contributed by atoms with van der Waals surface area (Å²) in [7, 11) is 3.67. The highest BCUT2D eigenvalue weighted by molar-refractivity contribution is 6.05. The molecular formula is C19H24N2O2. The van der Waals surface area contributed by atoms with Crippen molar-refractivity contribution in [2.75, 3.05) is 24.4 Å². The molecule has 0 saturated heterocycles. The van der Waals surface area contributed by atoms with Crippen LogP contribution in [-0.2, 0) is 11.3 Å². The van der Waals surface area contributed by atoms with E-state index < -0.39 is 0 Å².